The molecule has 1 saturated heterocycles. The fraction of sp³-hybridized carbons (Fsp3) is 0.565. The number of sulfonamides is 1. The largest absolute Gasteiger partial charge is 0.441 e. The number of rotatable bonds is 6. The summed E-state index contributed by atoms with van der Waals surface area (Å²) in [5.41, 5.74) is 0.0892. The molecule has 10 heteroatoms. The number of ether oxygens (including phenoxy) is 2. The number of amides is 1. The molecule has 2 fully saturated rings. The van der Waals surface area contributed by atoms with Crippen LogP contribution in [0, 0.1) is 0 Å². The summed E-state index contributed by atoms with van der Waals surface area (Å²) in [5.74, 6) is 0.300. The van der Waals surface area contributed by atoms with E-state index in [1.807, 2.05) is 32.9 Å². The van der Waals surface area contributed by atoms with Crippen LogP contribution in [0.5, 0.6) is 0 Å². The van der Waals surface area contributed by atoms with Crippen molar-refractivity contribution in [2.45, 2.75) is 75.0 Å². The summed E-state index contributed by atoms with van der Waals surface area (Å²) in [7, 11) is -3.67. The van der Waals surface area contributed by atoms with E-state index in [9.17, 15) is 13.2 Å². The molecular weight excluding hydrogens is 462 g/mol. The summed E-state index contributed by atoms with van der Waals surface area (Å²) in [4.78, 5) is 17.7. The molecule has 0 unspecified atom stereocenters. The van der Waals surface area contributed by atoms with Gasteiger partial charge in [-0.3, -0.25) is 0 Å². The molecule has 1 aromatic carbocycles. The van der Waals surface area contributed by atoms with Gasteiger partial charge in [-0.2, -0.15) is 0 Å². The summed E-state index contributed by atoms with van der Waals surface area (Å²) in [6.07, 6.45) is 4.82. The Hall–Kier alpha value is -2.01. The maximum atomic E-state index is 13.0. The topological polar surface area (TPSA) is 107 Å². The minimum Gasteiger partial charge on any atom is -0.441 e. The SMILES string of the molecule is CC(C)(C)NS(=O)(=O)c1ccccc1-c1cnc([C@H]2CC[C@H](NC(=O)OC3COC3)CC2)s1. The summed E-state index contributed by atoms with van der Waals surface area (Å²) in [6, 6.07) is 7.14. The fourth-order valence-electron chi connectivity index (χ4n) is 4.08. The van der Waals surface area contributed by atoms with Gasteiger partial charge in [0.2, 0.25) is 10.0 Å². The Morgan fingerprint density at radius 3 is 2.48 bits per heavy atom. The minimum atomic E-state index is -3.67. The van der Waals surface area contributed by atoms with Crippen LogP contribution in [-0.2, 0) is 19.5 Å². The number of hydrogen-bond donors (Lipinski definition) is 2. The van der Waals surface area contributed by atoms with Gasteiger partial charge in [0.05, 0.1) is 28.0 Å². The Morgan fingerprint density at radius 1 is 1.15 bits per heavy atom. The van der Waals surface area contributed by atoms with Crippen LogP contribution in [0.2, 0.25) is 0 Å². The van der Waals surface area contributed by atoms with E-state index < -0.39 is 15.6 Å². The molecule has 1 aromatic heterocycles. The third-order valence-electron chi connectivity index (χ3n) is 5.69. The predicted octanol–water partition coefficient (Wildman–Crippen LogP) is 4.04. The van der Waals surface area contributed by atoms with Crippen molar-refractivity contribution in [1.29, 1.82) is 0 Å². The van der Waals surface area contributed by atoms with Crippen molar-refractivity contribution in [3.8, 4) is 10.4 Å². The normalized spacial score (nSPS) is 21.9. The van der Waals surface area contributed by atoms with E-state index in [1.165, 1.54) is 0 Å². The molecule has 180 valence electrons. The van der Waals surface area contributed by atoms with Gasteiger partial charge >= 0.3 is 6.09 Å². The molecule has 0 atom stereocenters. The van der Waals surface area contributed by atoms with Gasteiger partial charge in [-0.1, -0.05) is 18.2 Å². The quantitative estimate of drug-likeness (QED) is 0.629. The summed E-state index contributed by atoms with van der Waals surface area (Å²) in [6.45, 7) is 6.42. The first-order valence-electron chi connectivity index (χ1n) is 11.2. The van der Waals surface area contributed by atoms with Gasteiger partial charge in [-0.15, -0.1) is 11.3 Å². The maximum Gasteiger partial charge on any atom is 0.407 e. The Morgan fingerprint density at radius 2 is 1.85 bits per heavy atom. The molecule has 0 bridgehead atoms. The highest BCUT2D eigenvalue weighted by atomic mass is 32.2. The first-order chi connectivity index (χ1) is 15.6. The smallest absolute Gasteiger partial charge is 0.407 e. The second-order valence-electron chi connectivity index (χ2n) is 9.67. The lowest BCUT2D eigenvalue weighted by Gasteiger charge is -2.30. The highest BCUT2D eigenvalue weighted by molar-refractivity contribution is 7.89. The van der Waals surface area contributed by atoms with Crippen LogP contribution in [0.3, 0.4) is 0 Å². The van der Waals surface area contributed by atoms with E-state index in [4.69, 9.17) is 9.47 Å². The van der Waals surface area contributed by atoms with Crippen molar-refractivity contribution >= 4 is 27.5 Å². The number of alkyl carbamates (subject to hydrolysis) is 1. The summed E-state index contributed by atoms with van der Waals surface area (Å²) < 4.78 is 39.0. The van der Waals surface area contributed by atoms with Gasteiger partial charge in [-0.05, 0) is 52.5 Å². The van der Waals surface area contributed by atoms with Crippen molar-refractivity contribution in [1.82, 2.24) is 15.0 Å². The molecule has 1 aliphatic heterocycles. The van der Waals surface area contributed by atoms with Crippen LogP contribution in [0.4, 0.5) is 4.79 Å². The van der Waals surface area contributed by atoms with Crippen molar-refractivity contribution in [3.05, 3.63) is 35.5 Å². The highest BCUT2D eigenvalue weighted by Gasteiger charge is 2.29. The Labute approximate surface area is 199 Å². The number of benzene rings is 1. The zero-order valence-electron chi connectivity index (χ0n) is 19.2. The average Bonchev–Trinajstić information content (AvgIpc) is 3.20. The number of carbonyl (C=O) groups excluding carboxylic acids is 1. The van der Waals surface area contributed by atoms with Gasteiger partial charge < -0.3 is 14.8 Å². The molecule has 33 heavy (non-hydrogen) atoms. The zero-order chi connectivity index (χ0) is 23.6. The lowest BCUT2D eigenvalue weighted by Crippen LogP contribution is -2.44. The zero-order valence-corrected chi connectivity index (χ0v) is 20.8. The Bertz CT molecular complexity index is 1080. The Kier molecular flexibility index (Phi) is 7.09. The van der Waals surface area contributed by atoms with E-state index in [-0.39, 0.29) is 23.1 Å². The lowest BCUT2D eigenvalue weighted by atomic mass is 9.86. The number of hydrogen-bond acceptors (Lipinski definition) is 7. The van der Waals surface area contributed by atoms with Crippen LogP contribution >= 0.6 is 11.3 Å². The third-order valence-corrected chi connectivity index (χ3v) is 8.69. The number of aromatic nitrogens is 1. The molecule has 2 heterocycles. The molecule has 1 amide bonds. The maximum absolute atomic E-state index is 13.0. The highest BCUT2D eigenvalue weighted by Crippen LogP contribution is 2.39. The molecule has 1 saturated carbocycles. The first-order valence-corrected chi connectivity index (χ1v) is 13.5. The van der Waals surface area contributed by atoms with E-state index in [0.29, 0.717) is 24.7 Å². The minimum absolute atomic E-state index is 0.100. The molecule has 2 aromatic rings. The summed E-state index contributed by atoms with van der Waals surface area (Å²) >= 11 is 1.55. The second-order valence-corrected chi connectivity index (χ2v) is 12.4. The molecule has 2 aliphatic rings. The van der Waals surface area contributed by atoms with E-state index >= 15 is 0 Å². The number of carbonyl (C=O) groups is 1. The standard InChI is InChI=1S/C23H31N3O5S2/c1-23(2,3)26-33(28,29)20-7-5-4-6-18(20)19-12-24-21(32-19)15-8-10-16(11-9-15)25-22(27)31-17-13-30-14-17/h4-7,12,15-17,26H,8-11,13-14H2,1-3H3,(H,25,27)/t15-,16-. The van der Waals surface area contributed by atoms with Crippen LogP contribution in [-0.4, -0.2) is 50.4 Å². The van der Waals surface area contributed by atoms with E-state index in [0.717, 1.165) is 35.6 Å². The van der Waals surface area contributed by atoms with Gasteiger partial charge in [0.25, 0.3) is 0 Å². The van der Waals surface area contributed by atoms with Gasteiger partial charge in [0.1, 0.15) is 0 Å². The molecule has 2 N–H and O–H groups in total. The Balaban J connectivity index is 1.41. The molecule has 0 radical (unpaired) electrons. The number of nitrogens with one attached hydrogen (secondary N) is 2. The monoisotopic (exact) mass is 493 g/mol. The second kappa shape index (κ2) is 9.69. The molecule has 8 nitrogen and oxygen atoms in total. The third kappa shape index (κ3) is 6.11. The van der Waals surface area contributed by atoms with Gasteiger partial charge in [0.15, 0.2) is 6.10 Å². The molecular formula is C23H31N3O5S2. The summed E-state index contributed by atoms with van der Waals surface area (Å²) in [5, 5.41) is 3.96. The molecule has 1 aliphatic carbocycles. The predicted molar refractivity (Wildman–Crippen MR) is 127 cm³/mol. The number of thiazole rings is 1. The average molecular weight is 494 g/mol. The fourth-order valence-corrected chi connectivity index (χ4v) is 6.91. The molecule has 0 spiro atoms. The van der Waals surface area contributed by atoms with Gasteiger partial charge in [0, 0.05) is 29.3 Å². The van der Waals surface area contributed by atoms with Crippen molar-refractivity contribution in [3.63, 3.8) is 0 Å². The molecule has 4 rings (SSSR count). The van der Waals surface area contributed by atoms with E-state index in [2.05, 4.69) is 15.0 Å². The first kappa shape index (κ1) is 24.1. The number of nitrogens with zero attached hydrogens (tertiary/aromatic N) is 1. The van der Waals surface area contributed by atoms with Crippen molar-refractivity contribution in [2.75, 3.05) is 13.2 Å². The van der Waals surface area contributed by atoms with Crippen molar-refractivity contribution in [2.24, 2.45) is 0 Å². The van der Waals surface area contributed by atoms with Crippen LogP contribution in [0.25, 0.3) is 10.4 Å². The van der Waals surface area contributed by atoms with Crippen molar-refractivity contribution < 1.29 is 22.7 Å². The van der Waals surface area contributed by atoms with Gasteiger partial charge in [-0.25, -0.2) is 22.9 Å². The lowest BCUT2D eigenvalue weighted by molar-refractivity contribution is -0.0985. The van der Waals surface area contributed by atoms with Crippen LogP contribution in [0.1, 0.15) is 57.4 Å². The van der Waals surface area contributed by atoms with Crippen LogP contribution < -0.4 is 10.0 Å². The van der Waals surface area contributed by atoms with E-state index in [1.54, 1.807) is 29.7 Å². The van der Waals surface area contributed by atoms with Crippen LogP contribution in [0.15, 0.2) is 35.4 Å².